The quantitative estimate of drug-likeness (QED) is 0.496. The lowest BCUT2D eigenvalue weighted by Crippen LogP contribution is -2.19. The first-order valence-corrected chi connectivity index (χ1v) is 7.36. The highest BCUT2D eigenvalue weighted by Crippen LogP contribution is 2.59. The van der Waals surface area contributed by atoms with Gasteiger partial charge in [0.15, 0.2) is 23.3 Å². The fourth-order valence-corrected chi connectivity index (χ4v) is 3.23. The molecule has 0 unspecified atom stereocenters. The van der Waals surface area contributed by atoms with Crippen LogP contribution in [0.3, 0.4) is 0 Å². The number of hydrogen-bond acceptors (Lipinski definition) is 4. The average Bonchev–Trinajstić information content (AvgIpc) is 2.37. The molecule has 0 amide bonds. The summed E-state index contributed by atoms with van der Waals surface area (Å²) in [5, 5.41) is 0. The van der Waals surface area contributed by atoms with Crippen molar-refractivity contribution in [1.82, 2.24) is 0 Å². The Morgan fingerprint density at radius 2 is 1.50 bits per heavy atom. The number of hydrogen-bond donors (Lipinski definition) is 1. The zero-order chi connectivity index (χ0) is 15.5. The molecule has 1 aromatic rings. The van der Waals surface area contributed by atoms with E-state index in [1.807, 2.05) is 0 Å². The van der Waals surface area contributed by atoms with Crippen LogP contribution >= 0.6 is 7.60 Å². The molecule has 1 aromatic carbocycles. The summed E-state index contributed by atoms with van der Waals surface area (Å²) >= 11 is 0. The van der Waals surface area contributed by atoms with Gasteiger partial charge in [0.1, 0.15) is 5.78 Å². The minimum atomic E-state index is -4.16. The van der Waals surface area contributed by atoms with Crippen LogP contribution in [0.15, 0.2) is 6.07 Å². The van der Waals surface area contributed by atoms with Gasteiger partial charge in [0.25, 0.3) is 0 Å². The molecule has 2 N–H and O–H groups in total. The molecule has 4 nitrogen and oxygen atoms in total. The third kappa shape index (κ3) is 3.20. The number of nitrogens with two attached hydrogens (primary N) is 1. The largest absolute Gasteiger partial charge is 0.351 e. The van der Waals surface area contributed by atoms with Gasteiger partial charge in [0, 0.05) is 6.07 Å². The van der Waals surface area contributed by atoms with Crippen LogP contribution in [0.1, 0.15) is 25.2 Å². The maximum absolute atomic E-state index is 13.6. The molecule has 1 rings (SSSR count). The zero-order valence-electron chi connectivity index (χ0n) is 10.8. The van der Waals surface area contributed by atoms with E-state index in [9.17, 15) is 22.1 Å². The first kappa shape index (κ1) is 17.1. The lowest BCUT2D eigenvalue weighted by Gasteiger charge is -2.24. The Morgan fingerprint density at radius 3 is 1.85 bits per heavy atom. The smallest absolute Gasteiger partial charge is 0.314 e. The molecule has 1 atom stereocenters. The van der Waals surface area contributed by atoms with E-state index in [-0.39, 0.29) is 19.3 Å². The summed E-state index contributed by atoms with van der Waals surface area (Å²) in [7, 11) is -4.16. The van der Waals surface area contributed by atoms with E-state index in [2.05, 4.69) is 0 Å². The van der Waals surface area contributed by atoms with Crippen LogP contribution in [0.4, 0.5) is 17.6 Å². The lowest BCUT2D eigenvalue weighted by molar-refractivity contribution is 0.211. The normalized spacial score (nSPS) is 13.6. The summed E-state index contributed by atoms with van der Waals surface area (Å²) in [4.78, 5) is 0. The van der Waals surface area contributed by atoms with E-state index < -0.39 is 42.2 Å². The predicted molar refractivity (Wildman–Crippen MR) is 64.1 cm³/mol. The molecule has 0 aliphatic rings. The van der Waals surface area contributed by atoms with Gasteiger partial charge in [-0.05, 0) is 13.8 Å². The third-order valence-corrected chi connectivity index (χ3v) is 4.58. The second-order valence-corrected chi connectivity index (χ2v) is 5.85. The van der Waals surface area contributed by atoms with Gasteiger partial charge in [-0.1, -0.05) is 0 Å². The molecule has 114 valence electrons. The Bertz CT molecular complexity index is 505. The van der Waals surface area contributed by atoms with Crippen molar-refractivity contribution in [2.24, 2.45) is 5.73 Å². The molecule has 0 aliphatic carbocycles. The van der Waals surface area contributed by atoms with Crippen molar-refractivity contribution in [3.05, 3.63) is 34.9 Å². The Labute approximate surface area is 113 Å². The number of benzene rings is 1. The van der Waals surface area contributed by atoms with Crippen molar-refractivity contribution in [2.45, 2.75) is 19.6 Å². The SMILES string of the molecule is CCOP(=O)(OCC)[C@H](N)c1c(F)c(F)cc(F)c1F. The topological polar surface area (TPSA) is 61.5 Å². The fourth-order valence-electron chi connectivity index (χ4n) is 1.57. The molecule has 0 bridgehead atoms. The van der Waals surface area contributed by atoms with Gasteiger partial charge in [0.05, 0.1) is 18.8 Å². The van der Waals surface area contributed by atoms with Crippen LogP contribution in [-0.2, 0) is 13.6 Å². The number of halogens is 4. The van der Waals surface area contributed by atoms with E-state index in [0.29, 0.717) is 0 Å². The maximum atomic E-state index is 13.6. The molecule has 20 heavy (non-hydrogen) atoms. The fraction of sp³-hybridized carbons (Fsp3) is 0.455. The molecule has 0 heterocycles. The van der Waals surface area contributed by atoms with Crippen molar-refractivity contribution in [3.63, 3.8) is 0 Å². The summed E-state index contributed by atoms with van der Waals surface area (Å²) in [5.41, 5.74) is 4.26. The monoisotopic (exact) mass is 315 g/mol. The van der Waals surface area contributed by atoms with E-state index in [4.69, 9.17) is 14.8 Å². The van der Waals surface area contributed by atoms with Crippen LogP contribution in [-0.4, -0.2) is 13.2 Å². The molecule has 0 radical (unpaired) electrons. The minimum absolute atomic E-state index is 0.0349. The Hall–Kier alpha value is -0.950. The van der Waals surface area contributed by atoms with Gasteiger partial charge in [-0.15, -0.1) is 0 Å². The Kier molecular flexibility index (Phi) is 5.70. The van der Waals surface area contributed by atoms with Gasteiger partial charge >= 0.3 is 7.60 Å². The second-order valence-electron chi connectivity index (χ2n) is 3.70. The lowest BCUT2D eigenvalue weighted by atomic mass is 10.2. The summed E-state index contributed by atoms with van der Waals surface area (Å²) in [6.07, 6.45) is 0. The maximum Gasteiger partial charge on any atom is 0.351 e. The van der Waals surface area contributed by atoms with Crippen LogP contribution in [0.2, 0.25) is 0 Å². The summed E-state index contributed by atoms with van der Waals surface area (Å²) in [5.74, 6) is -8.72. The molecule has 0 saturated carbocycles. The van der Waals surface area contributed by atoms with Crippen molar-refractivity contribution in [1.29, 1.82) is 0 Å². The van der Waals surface area contributed by atoms with Crippen LogP contribution in [0.5, 0.6) is 0 Å². The van der Waals surface area contributed by atoms with Crippen LogP contribution in [0, 0.1) is 23.3 Å². The molecule has 0 fully saturated rings. The van der Waals surface area contributed by atoms with Crippen molar-refractivity contribution in [3.8, 4) is 0 Å². The van der Waals surface area contributed by atoms with Crippen molar-refractivity contribution >= 4 is 7.60 Å². The Balaban J connectivity index is 3.39. The number of rotatable bonds is 6. The van der Waals surface area contributed by atoms with E-state index in [0.717, 1.165) is 0 Å². The van der Waals surface area contributed by atoms with Crippen molar-refractivity contribution in [2.75, 3.05) is 13.2 Å². The Morgan fingerprint density at radius 1 is 1.10 bits per heavy atom. The molecule has 0 aromatic heterocycles. The average molecular weight is 315 g/mol. The summed E-state index contributed by atoms with van der Waals surface area (Å²) in [6, 6.07) is 0.0349. The van der Waals surface area contributed by atoms with Crippen LogP contribution in [0.25, 0.3) is 0 Å². The molecule has 0 spiro atoms. The first-order chi connectivity index (χ1) is 9.28. The predicted octanol–water partition coefficient (Wildman–Crippen LogP) is 3.47. The van der Waals surface area contributed by atoms with E-state index in [1.54, 1.807) is 0 Å². The zero-order valence-corrected chi connectivity index (χ0v) is 11.7. The molecule has 9 heteroatoms. The van der Waals surface area contributed by atoms with Gasteiger partial charge < -0.3 is 14.8 Å². The molecule has 0 aliphatic heterocycles. The molecular formula is C11H14F4NO3P. The van der Waals surface area contributed by atoms with Crippen LogP contribution < -0.4 is 5.73 Å². The second kappa shape index (κ2) is 6.67. The van der Waals surface area contributed by atoms with E-state index in [1.165, 1.54) is 13.8 Å². The third-order valence-electron chi connectivity index (χ3n) is 2.40. The first-order valence-electron chi connectivity index (χ1n) is 5.75. The molecule has 0 saturated heterocycles. The summed E-state index contributed by atoms with van der Waals surface area (Å²) in [6.45, 7) is 2.67. The van der Waals surface area contributed by atoms with Gasteiger partial charge in [-0.25, -0.2) is 17.6 Å². The molecular weight excluding hydrogens is 301 g/mol. The van der Waals surface area contributed by atoms with Crippen molar-refractivity contribution < 1.29 is 31.2 Å². The standard InChI is InChI=1S/C11H14F4NO3P/c1-3-18-20(17,19-4-2)11(16)8-9(14)6(12)5-7(13)10(8)15/h5,11H,3-4,16H2,1-2H3/t11-/m0/s1. The van der Waals surface area contributed by atoms with Gasteiger partial charge in [0.2, 0.25) is 0 Å². The highest BCUT2D eigenvalue weighted by Gasteiger charge is 2.39. The van der Waals surface area contributed by atoms with E-state index >= 15 is 0 Å². The summed E-state index contributed by atoms with van der Waals surface area (Å²) < 4.78 is 75.4. The highest BCUT2D eigenvalue weighted by atomic mass is 31.2. The van der Waals surface area contributed by atoms with Gasteiger partial charge in [-0.3, -0.25) is 4.57 Å². The minimum Gasteiger partial charge on any atom is -0.314 e. The van der Waals surface area contributed by atoms with Gasteiger partial charge in [-0.2, -0.15) is 0 Å². The highest BCUT2D eigenvalue weighted by molar-refractivity contribution is 7.54.